The van der Waals surface area contributed by atoms with E-state index in [9.17, 15) is 19.5 Å². The minimum Gasteiger partial charge on any atom is -0.493 e. The van der Waals surface area contributed by atoms with Gasteiger partial charge in [0, 0.05) is 6.42 Å². The number of ether oxygens (including phenoxy) is 2. The van der Waals surface area contributed by atoms with Crippen molar-refractivity contribution >= 4 is 46.9 Å². The van der Waals surface area contributed by atoms with E-state index in [2.05, 4.69) is 5.10 Å². The van der Waals surface area contributed by atoms with Crippen LogP contribution in [0.4, 0.5) is 5.69 Å². The van der Waals surface area contributed by atoms with E-state index in [1.54, 1.807) is 38.1 Å². The second kappa shape index (κ2) is 9.01. The molecule has 0 aromatic heterocycles. The summed E-state index contributed by atoms with van der Waals surface area (Å²) in [7, 11) is 1.45. The Bertz CT molecular complexity index is 1140. The molecule has 1 N–H and O–H groups in total. The van der Waals surface area contributed by atoms with Crippen LogP contribution in [0.3, 0.4) is 0 Å². The number of hydrogen-bond donors (Lipinski definition) is 1. The van der Waals surface area contributed by atoms with Crippen molar-refractivity contribution in [3.63, 3.8) is 0 Å². The van der Waals surface area contributed by atoms with Crippen molar-refractivity contribution in [2.75, 3.05) is 12.1 Å². The number of amides is 1. The average molecular weight is 443 g/mol. The first-order chi connectivity index (χ1) is 14.7. The lowest BCUT2D eigenvalue weighted by molar-refractivity contribution is -0.134. The van der Waals surface area contributed by atoms with Gasteiger partial charge in [-0.15, -0.1) is 0 Å². The number of nitrogens with zero attached hydrogens (tertiary/aromatic N) is 2. The van der Waals surface area contributed by atoms with Gasteiger partial charge in [-0.2, -0.15) is 10.1 Å². The number of esters is 1. The maximum atomic E-state index is 13.0. The number of carboxylic acids is 1. The summed E-state index contributed by atoms with van der Waals surface area (Å²) in [5, 5.41) is 14.7. The summed E-state index contributed by atoms with van der Waals surface area (Å²) in [6.07, 6.45) is 1.85. The predicted molar refractivity (Wildman–Crippen MR) is 116 cm³/mol. The number of halogens is 1. The Labute approximate surface area is 183 Å². The second-order valence-electron chi connectivity index (χ2n) is 6.57. The first kappa shape index (κ1) is 22.0. The lowest BCUT2D eigenvalue weighted by atomic mass is 10.1. The Kier molecular flexibility index (Phi) is 6.41. The summed E-state index contributed by atoms with van der Waals surface area (Å²) in [6, 6.07) is 9.12. The van der Waals surface area contributed by atoms with Crippen molar-refractivity contribution in [2.45, 2.75) is 20.3 Å². The van der Waals surface area contributed by atoms with Gasteiger partial charge in [-0.25, -0.2) is 4.79 Å². The number of hydrogen-bond acceptors (Lipinski definition) is 6. The van der Waals surface area contributed by atoms with E-state index in [4.69, 9.17) is 21.1 Å². The Morgan fingerprint density at radius 1 is 1.19 bits per heavy atom. The zero-order valence-electron chi connectivity index (χ0n) is 17.0. The Morgan fingerprint density at radius 2 is 1.94 bits per heavy atom. The molecular weight excluding hydrogens is 424 g/mol. The molecule has 0 spiro atoms. The zero-order valence-corrected chi connectivity index (χ0v) is 17.8. The second-order valence-corrected chi connectivity index (χ2v) is 6.97. The number of aromatic carboxylic acids is 1. The van der Waals surface area contributed by atoms with E-state index >= 15 is 0 Å². The molecule has 31 heavy (non-hydrogen) atoms. The van der Waals surface area contributed by atoms with Crippen molar-refractivity contribution in [1.29, 1.82) is 0 Å². The smallest absolute Gasteiger partial charge is 0.337 e. The Morgan fingerprint density at radius 3 is 2.58 bits per heavy atom. The molecule has 9 heteroatoms. The summed E-state index contributed by atoms with van der Waals surface area (Å²) in [6.45, 7) is 3.36. The third-order valence-electron chi connectivity index (χ3n) is 4.50. The third-order valence-corrected chi connectivity index (χ3v) is 4.83. The lowest BCUT2D eigenvalue weighted by Gasteiger charge is -2.13. The third kappa shape index (κ3) is 4.59. The normalized spacial score (nSPS) is 14.6. The zero-order chi connectivity index (χ0) is 22.7. The van der Waals surface area contributed by atoms with Crippen LogP contribution in [0.5, 0.6) is 11.5 Å². The van der Waals surface area contributed by atoms with E-state index in [0.717, 1.165) is 5.01 Å². The van der Waals surface area contributed by atoms with Crippen LogP contribution in [0, 0.1) is 0 Å². The van der Waals surface area contributed by atoms with Gasteiger partial charge in [0.15, 0.2) is 11.5 Å². The molecular formula is C22H19ClN2O6. The quantitative estimate of drug-likeness (QED) is 0.409. The molecule has 0 atom stereocenters. The number of methoxy groups -OCH3 is 1. The predicted octanol–water partition coefficient (Wildman–Crippen LogP) is 4.17. The van der Waals surface area contributed by atoms with Crippen molar-refractivity contribution in [3.05, 3.63) is 58.1 Å². The lowest BCUT2D eigenvalue weighted by Crippen LogP contribution is -2.21. The van der Waals surface area contributed by atoms with Crippen molar-refractivity contribution in [3.8, 4) is 11.5 Å². The Hall–Kier alpha value is -3.65. The molecule has 0 radical (unpaired) electrons. The minimum atomic E-state index is -1.20. The fourth-order valence-electron chi connectivity index (χ4n) is 2.89. The highest BCUT2D eigenvalue weighted by Crippen LogP contribution is 2.32. The summed E-state index contributed by atoms with van der Waals surface area (Å²) in [4.78, 5) is 35.8. The monoisotopic (exact) mass is 442 g/mol. The summed E-state index contributed by atoms with van der Waals surface area (Å²) >= 11 is 5.91. The van der Waals surface area contributed by atoms with E-state index in [0.29, 0.717) is 22.6 Å². The molecule has 1 aliphatic rings. The largest absolute Gasteiger partial charge is 0.493 e. The van der Waals surface area contributed by atoms with Crippen LogP contribution in [0.1, 0.15) is 36.2 Å². The van der Waals surface area contributed by atoms with Crippen LogP contribution < -0.4 is 14.5 Å². The van der Waals surface area contributed by atoms with Crippen molar-refractivity contribution < 1.29 is 29.0 Å². The molecule has 0 saturated heterocycles. The standard InChI is InChI=1S/C22H19ClN2O6/c1-4-20(26)31-18-8-5-13(10-19(18)30-3)9-15-12(2)24-25(21(15)27)14-6-7-17(23)16(11-14)22(28)29/h5-11H,4H2,1-3H3,(H,28,29)/b15-9-. The Balaban J connectivity index is 1.92. The topological polar surface area (TPSA) is 106 Å². The van der Waals surface area contributed by atoms with Gasteiger partial charge in [0.1, 0.15) is 0 Å². The van der Waals surface area contributed by atoms with Crippen LogP contribution in [0.25, 0.3) is 6.08 Å². The number of carbonyl (C=O) groups excluding carboxylic acids is 2. The van der Waals surface area contributed by atoms with Crippen LogP contribution in [-0.4, -0.2) is 35.8 Å². The molecule has 0 fully saturated rings. The first-order valence-corrected chi connectivity index (χ1v) is 9.66. The number of anilines is 1. The molecule has 0 bridgehead atoms. The van der Waals surface area contributed by atoms with E-state index in [1.807, 2.05) is 0 Å². The van der Waals surface area contributed by atoms with Gasteiger partial charge >= 0.3 is 11.9 Å². The molecule has 1 aliphatic heterocycles. The number of rotatable bonds is 6. The number of carbonyl (C=O) groups is 3. The maximum Gasteiger partial charge on any atom is 0.337 e. The summed E-state index contributed by atoms with van der Waals surface area (Å²) in [5.41, 5.74) is 1.58. The van der Waals surface area contributed by atoms with Crippen molar-refractivity contribution in [2.24, 2.45) is 5.10 Å². The number of hydrazone groups is 1. The molecule has 0 unspecified atom stereocenters. The summed E-state index contributed by atoms with van der Waals surface area (Å²) in [5.74, 6) is -1.39. The number of benzene rings is 2. The summed E-state index contributed by atoms with van der Waals surface area (Å²) < 4.78 is 10.5. The highest BCUT2D eigenvalue weighted by Gasteiger charge is 2.29. The van der Waals surface area contributed by atoms with E-state index in [-0.39, 0.29) is 28.4 Å². The molecule has 8 nitrogen and oxygen atoms in total. The molecule has 160 valence electrons. The molecule has 1 amide bonds. The SMILES string of the molecule is CCC(=O)Oc1ccc(/C=C2\C(=O)N(c3ccc(Cl)c(C(=O)O)c3)N=C2C)cc1OC. The van der Waals surface area contributed by atoms with Gasteiger partial charge in [-0.1, -0.05) is 24.6 Å². The van der Waals surface area contributed by atoms with Gasteiger partial charge in [0.2, 0.25) is 0 Å². The highest BCUT2D eigenvalue weighted by molar-refractivity contribution is 6.34. The van der Waals surface area contributed by atoms with E-state index < -0.39 is 17.8 Å². The van der Waals surface area contributed by atoms with Crippen molar-refractivity contribution in [1.82, 2.24) is 0 Å². The minimum absolute atomic E-state index is 0.0651. The molecule has 0 aliphatic carbocycles. The molecule has 1 heterocycles. The maximum absolute atomic E-state index is 13.0. The van der Waals surface area contributed by atoms with Gasteiger partial charge in [0.05, 0.1) is 34.7 Å². The van der Waals surface area contributed by atoms with Crippen LogP contribution in [0.2, 0.25) is 5.02 Å². The van der Waals surface area contributed by atoms with Gasteiger partial charge < -0.3 is 14.6 Å². The molecule has 2 aromatic rings. The fraction of sp³-hybridized carbons (Fsp3) is 0.182. The van der Waals surface area contributed by atoms with Crippen LogP contribution in [-0.2, 0) is 9.59 Å². The molecule has 0 saturated carbocycles. The first-order valence-electron chi connectivity index (χ1n) is 9.28. The van der Waals surface area contributed by atoms with Crippen LogP contribution in [0.15, 0.2) is 47.1 Å². The highest BCUT2D eigenvalue weighted by atomic mass is 35.5. The molecule has 2 aromatic carbocycles. The van der Waals surface area contributed by atoms with Gasteiger partial charge in [-0.3, -0.25) is 9.59 Å². The average Bonchev–Trinajstić information content (AvgIpc) is 3.03. The van der Waals surface area contributed by atoms with Gasteiger partial charge in [0.25, 0.3) is 5.91 Å². The van der Waals surface area contributed by atoms with E-state index in [1.165, 1.54) is 25.3 Å². The van der Waals surface area contributed by atoms with Gasteiger partial charge in [-0.05, 0) is 48.9 Å². The van der Waals surface area contributed by atoms with Crippen LogP contribution >= 0.6 is 11.6 Å². The number of carboxylic acid groups (broad SMARTS) is 1. The molecule has 3 rings (SSSR count). The fourth-order valence-corrected chi connectivity index (χ4v) is 3.09.